The van der Waals surface area contributed by atoms with Crippen LogP contribution >= 0.6 is 11.3 Å². The van der Waals surface area contributed by atoms with Crippen molar-refractivity contribution < 1.29 is 4.79 Å². The number of carbonyl (C=O) groups excluding carboxylic acids is 1. The molecule has 1 aliphatic heterocycles. The van der Waals surface area contributed by atoms with Crippen molar-refractivity contribution in [2.24, 2.45) is 0 Å². The maximum atomic E-state index is 12.7. The molecule has 0 radical (unpaired) electrons. The summed E-state index contributed by atoms with van der Waals surface area (Å²) in [6, 6.07) is 4.10. The maximum Gasteiger partial charge on any atom is 0.230 e. The topological polar surface area (TPSA) is 49.0 Å². The lowest BCUT2D eigenvalue weighted by atomic mass is 9.92. The summed E-state index contributed by atoms with van der Waals surface area (Å²) in [5, 5.41) is 2.05. The van der Waals surface area contributed by atoms with Gasteiger partial charge in [0, 0.05) is 30.1 Å². The molecule has 1 saturated heterocycles. The Kier molecular flexibility index (Phi) is 4.39. The quantitative estimate of drug-likeness (QED) is 0.941. The third-order valence-corrected chi connectivity index (χ3v) is 5.32. The number of amides is 1. The molecule has 0 spiro atoms. The zero-order valence-electron chi connectivity index (χ0n) is 12.3. The number of aromatic amines is 1. The highest BCUT2D eigenvalue weighted by Crippen LogP contribution is 2.31. The van der Waals surface area contributed by atoms with E-state index in [1.54, 1.807) is 17.7 Å². The molecule has 1 atom stereocenters. The van der Waals surface area contributed by atoms with Crippen molar-refractivity contribution in [3.63, 3.8) is 0 Å². The molecule has 112 valence electrons. The number of H-pyrrole nitrogens is 1. The van der Waals surface area contributed by atoms with Crippen LogP contribution < -0.4 is 0 Å². The Bertz CT molecular complexity index is 556. The summed E-state index contributed by atoms with van der Waals surface area (Å²) in [5.74, 6) is 0.814. The minimum Gasteiger partial charge on any atom is -0.351 e. The third kappa shape index (κ3) is 3.02. The van der Waals surface area contributed by atoms with Crippen LogP contribution in [0.5, 0.6) is 0 Å². The molecular weight excluding hydrogens is 282 g/mol. The molecule has 21 heavy (non-hydrogen) atoms. The lowest BCUT2D eigenvalue weighted by Gasteiger charge is -2.33. The highest BCUT2D eigenvalue weighted by Gasteiger charge is 2.29. The van der Waals surface area contributed by atoms with Crippen LogP contribution in [0, 0.1) is 0 Å². The van der Waals surface area contributed by atoms with E-state index in [4.69, 9.17) is 0 Å². The van der Waals surface area contributed by atoms with Gasteiger partial charge in [0.1, 0.15) is 0 Å². The molecular formula is C16H21N3OS. The van der Waals surface area contributed by atoms with Gasteiger partial charge >= 0.3 is 0 Å². The lowest BCUT2D eigenvalue weighted by Crippen LogP contribution is -2.40. The fraction of sp³-hybridized carbons (Fsp3) is 0.500. The molecule has 2 aromatic heterocycles. The van der Waals surface area contributed by atoms with Crippen LogP contribution in [-0.2, 0) is 4.79 Å². The van der Waals surface area contributed by atoms with Gasteiger partial charge in [0.05, 0.1) is 17.9 Å². The van der Waals surface area contributed by atoms with Gasteiger partial charge < -0.3 is 9.88 Å². The van der Waals surface area contributed by atoms with Gasteiger partial charge in [-0.3, -0.25) is 4.79 Å². The molecule has 0 aliphatic carbocycles. The zero-order valence-corrected chi connectivity index (χ0v) is 13.1. The first-order valence-corrected chi connectivity index (χ1v) is 8.48. The number of piperidine rings is 1. The van der Waals surface area contributed by atoms with E-state index in [0.29, 0.717) is 11.8 Å². The summed E-state index contributed by atoms with van der Waals surface area (Å²) in [7, 11) is 0. The summed E-state index contributed by atoms with van der Waals surface area (Å²) < 4.78 is 0. The monoisotopic (exact) mass is 303 g/mol. The van der Waals surface area contributed by atoms with Gasteiger partial charge in [0.15, 0.2) is 0 Å². The predicted octanol–water partition coefficient (Wildman–Crippen LogP) is 3.37. The number of rotatable bonds is 4. The van der Waals surface area contributed by atoms with Crippen molar-refractivity contribution >= 4 is 17.2 Å². The number of hydrogen-bond donors (Lipinski definition) is 1. The van der Waals surface area contributed by atoms with Gasteiger partial charge in [-0.15, -0.1) is 11.3 Å². The third-order valence-electron chi connectivity index (χ3n) is 4.34. The molecule has 4 nitrogen and oxygen atoms in total. The second-order valence-electron chi connectivity index (χ2n) is 5.57. The minimum atomic E-state index is 0.0342. The van der Waals surface area contributed by atoms with E-state index in [0.717, 1.165) is 38.0 Å². The molecule has 3 rings (SSSR count). The number of imidazole rings is 1. The van der Waals surface area contributed by atoms with E-state index in [2.05, 4.69) is 28.3 Å². The van der Waals surface area contributed by atoms with Crippen LogP contribution in [0.15, 0.2) is 30.0 Å². The Morgan fingerprint density at radius 3 is 2.90 bits per heavy atom. The van der Waals surface area contributed by atoms with E-state index in [9.17, 15) is 4.79 Å². The van der Waals surface area contributed by atoms with Crippen LogP contribution in [0.4, 0.5) is 0 Å². The number of thiophene rings is 1. The standard InChI is InChI=1S/C16H21N3OS/c1-2-13(15-4-3-9-21-15)16(20)19-7-5-12(6-8-19)14-10-17-11-18-14/h3-4,9-13H,2,5-8H2,1H3,(H,17,18). The van der Waals surface area contributed by atoms with Crippen molar-refractivity contribution in [3.8, 4) is 0 Å². The average molecular weight is 303 g/mol. The van der Waals surface area contributed by atoms with E-state index >= 15 is 0 Å². The second kappa shape index (κ2) is 6.43. The van der Waals surface area contributed by atoms with Crippen molar-refractivity contribution in [1.82, 2.24) is 14.9 Å². The molecule has 1 amide bonds. The van der Waals surface area contributed by atoms with Crippen LogP contribution in [0.1, 0.15) is 48.6 Å². The second-order valence-corrected chi connectivity index (χ2v) is 6.55. The summed E-state index contributed by atoms with van der Waals surface area (Å²) >= 11 is 1.68. The summed E-state index contributed by atoms with van der Waals surface area (Å²) in [5.41, 5.74) is 1.13. The number of aromatic nitrogens is 2. The molecule has 0 aromatic carbocycles. The molecule has 1 N–H and O–H groups in total. The predicted molar refractivity (Wildman–Crippen MR) is 84.5 cm³/mol. The van der Waals surface area contributed by atoms with Gasteiger partial charge in [-0.25, -0.2) is 4.98 Å². The Morgan fingerprint density at radius 2 is 2.33 bits per heavy atom. The maximum absolute atomic E-state index is 12.7. The van der Waals surface area contributed by atoms with Crippen molar-refractivity contribution in [3.05, 3.63) is 40.6 Å². The van der Waals surface area contributed by atoms with Crippen molar-refractivity contribution in [2.45, 2.75) is 38.0 Å². The number of nitrogens with one attached hydrogen (secondary N) is 1. The fourth-order valence-electron chi connectivity index (χ4n) is 3.10. The van der Waals surface area contributed by atoms with Crippen LogP contribution in [0.2, 0.25) is 0 Å². The summed E-state index contributed by atoms with van der Waals surface area (Å²) in [6.45, 7) is 3.79. The van der Waals surface area contributed by atoms with Crippen molar-refractivity contribution in [2.75, 3.05) is 13.1 Å². The number of carbonyl (C=O) groups is 1. The Hall–Kier alpha value is -1.62. The van der Waals surface area contributed by atoms with Gasteiger partial charge in [0.25, 0.3) is 0 Å². The van der Waals surface area contributed by atoms with Gasteiger partial charge in [-0.2, -0.15) is 0 Å². The smallest absolute Gasteiger partial charge is 0.230 e. The molecule has 1 unspecified atom stereocenters. The molecule has 1 fully saturated rings. The number of hydrogen-bond acceptors (Lipinski definition) is 3. The Balaban J connectivity index is 1.62. The largest absolute Gasteiger partial charge is 0.351 e. The molecule has 5 heteroatoms. The molecule has 1 aliphatic rings. The Morgan fingerprint density at radius 1 is 1.52 bits per heavy atom. The van der Waals surface area contributed by atoms with E-state index in [1.165, 1.54) is 4.88 Å². The summed E-state index contributed by atoms with van der Waals surface area (Å²) in [6.07, 6.45) is 6.60. The van der Waals surface area contributed by atoms with Crippen molar-refractivity contribution in [1.29, 1.82) is 0 Å². The molecule has 2 aromatic rings. The molecule has 0 bridgehead atoms. The normalized spacial score (nSPS) is 17.9. The molecule has 3 heterocycles. The van der Waals surface area contributed by atoms with E-state index in [1.807, 2.05) is 17.2 Å². The highest BCUT2D eigenvalue weighted by molar-refractivity contribution is 7.10. The lowest BCUT2D eigenvalue weighted by molar-refractivity contribution is -0.133. The first kappa shape index (κ1) is 14.3. The zero-order chi connectivity index (χ0) is 14.7. The Labute approximate surface area is 129 Å². The highest BCUT2D eigenvalue weighted by atomic mass is 32.1. The molecule has 0 saturated carbocycles. The SMILES string of the molecule is CCC(C(=O)N1CCC(c2c[nH]cn2)CC1)c1cccs1. The number of likely N-dealkylation sites (tertiary alicyclic amines) is 1. The first-order chi connectivity index (χ1) is 10.3. The minimum absolute atomic E-state index is 0.0342. The van der Waals surface area contributed by atoms with E-state index < -0.39 is 0 Å². The summed E-state index contributed by atoms with van der Waals surface area (Å²) in [4.78, 5) is 23.3. The number of nitrogens with zero attached hydrogens (tertiary/aromatic N) is 2. The fourth-order valence-corrected chi connectivity index (χ4v) is 4.00. The van der Waals surface area contributed by atoms with Crippen LogP contribution in [0.3, 0.4) is 0 Å². The van der Waals surface area contributed by atoms with Crippen LogP contribution in [-0.4, -0.2) is 33.9 Å². The average Bonchev–Trinajstić information content (AvgIpc) is 3.22. The van der Waals surface area contributed by atoms with Crippen LogP contribution in [0.25, 0.3) is 0 Å². The van der Waals surface area contributed by atoms with Gasteiger partial charge in [-0.1, -0.05) is 13.0 Å². The first-order valence-electron chi connectivity index (χ1n) is 7.60. The van der Waals surface area contributed by atoms with E-state index in [-0.39, 0.29) is 5.92 Å². The van der Waals surface area contributed by atoms with Gasteiger partial charge in [-0.05, 0) is 30.7 Å². The van der Waals surface area contributed by atoms with Gasteiger partial charge in [0.2, 0.25) is 5.91 Å².